The average molecular weight is 601 g/mol. The van der Waals surface area contributed by atoms with E-state index in [0.29, 0.717) is 35.4 Å². The molecule has 2 aromatic rings. The Labute approximate surface area is 222 Å². The van der Waals surface area contributed by atoms with Crippen molar-refractivity contribution in [2.45, 2.75) is 13.3 Å². The molecule has 2 heterocycles. The van der Waals surface area contributed by atoms with Gasteiger partial charge in [-0.15, -0.1) is 6.58 Å². The monoisotopic (exact) mass is 601 g/mol. The Morgan fingerprint density at radius 1 is 1.20 bits per heavy atom. The van der Waals surface area contributed by atoms with Gasteiger partial charge in [-0.3, -0.25) is 15.1 Å². The van der Waals surface area contributed by atoms with Gasteiger partial charge in [0.25, 0.3) is 5.91 Å². The number of allylic oxidation sites excluding steroid dienone is 2. The molecule has 0 bridgehead atoms. The molecule has 1 N–H and O–H groups in total. The predicted octanol–water partition coefficient (Wildman–Crippen LogP) is 5.65. The van der Waals surface area contributed by atoms with Crippen LogP contribution in [0.3, 0.4) is 0 Å². The molecule has 2 aliphatic rings. The highest BCUT2D eigenvalue weighted by Crippen LogP contribution is 2.36. The van der Waals surface area contributed by atoms with Gasteiger partial charge < -0.3 is 14.2 Å². The standard InChI is InChI=1S/C26H24IN3O4S/c1-4-7-18-8-5-6-9-21(18)33-10-11-34-23-20(27)13-17(14-22(23)32-3)12-19-24(28)30-15-16(2)35-26(30)29-25(19)31/h4-6,8-9,12-15,28H,1,7,10-11H2,2-3H3. The minimum absolute atomic E-state index is 0.104. The summed E-state index contributed by atoms with van der Waals surface area (Å²) in [4.78, 5) is 19.3. The first-order valence-corrected chi connectivity index (χ1v) is 12.7. The number of para-hydroxylation sites is 1. The van der Waals surface area contributed by atoms with Crippen LogP contribution in [0.2, 0.25) is 0 Å². The van der Waals surface area contributed by atoms with Crippen LogP contribution in [0.1, 0.15) is 18.1 Å². The van der Waals surface area contributed by atoms with Gasteiger partial charge in [0.05, 0.1) is 16.3 Å². The zero-order chi connectivity index (χ0) is 24.9. The molecule has 0 spiro atoms. The Balaban J connectivity index is 1.48. The SMILES string of the molecule is C=CCc1ccccc1OCCOc1c(I)cc(C=C2C(=N)N3C=C(C)SC3=NC2=O)cc1OC. The zero-order valence-corrected chi connectivity index (χ0v) is 22.3. The van der Waals surface area contributed by atoms with E-state index in [-0.39, 0.29) is 11.4 Å². The molecule has 0 atom stereocenters. The van der Waals surface area contributed by atoms with E-state index in [1.807, 2.05) is 49.5 Å². The fourth-order valence-corrected chi connectivity index (χ4v) is 5.19. The van der Waals surface area contributed by atoms with Gasteiger partial charge in [0.1, 0.15) is 24.8 Å². The van der Waals surface area contributed by atoms with E-state index in [4.69, 9.17) is 19.6 Å². The number of hydrogen-bond acceptors (Lipinski definition) is 6. The van der Waals surface area contributed by atoms with E-state index in [9.17, 15) is 4.79 Å². The number of fused-ring (bicyclic) bond motifs is 1. The summed E-state index contributed by atoms with van der Waals surface area (Å²) in [6.45, 7) is 6.40. The molecule has 0 unspecified atom stereocenters. The second-order valence-electron chi connectivity index (χ2n) is 7.65. The summed E-state index contributed by atoms with van der Waals surface area (Å²) < 4.78 is 18.3. The van der Waals surface area contributed by atoms with Crippen molar-refractivity contribution in [1.82, 2.24) is 4.90 Å². The maximum Gasteiger partial charge on any atom is 0.283 e. The third-order valence-electron chi connectivity index (χ3n) is 5.18. The summed E-state index contributed by atoms with van der Waals surface area (Å²) in [7, 11) is 1.57. The molecule has 0 saturated heterocycles. The molecule has 2 aliphatic heterocycles. The molecule has 7 nitrogen and oxygen atoms in total. The van der Waals surface area contributed by atoms with Crippen molar-refractivity contribution in [3.05, 3.63) is 80.4 Å². The lowest BCUT2D eigenvalue weighted by atomic mass is 10.1. The summed E-state index contributed by atoms with van der Waals surface area (Å²) in [5, 5.41) is 9.00. The van der Waals surface area contributed by atoms with Crippen molar-refractivity contribution >= 4 is 57.3 Å². The van der Waals surface area contributed by atoms with Crippen LogP contribution in [0, 0.1) is 8.98 Å². The lowest BCUT2D eigenvalue weighted by Crippen LogP contribution is -2.35. The second-order valence-corrected chi connectivity index (χ2v) is 10.0. The molecule has 2 aromatic carbocycles. The minimum Gasteiger partial charge on any atom is -0.493 e. The fourth-order valence-electron chi connectivity index (χ4n) is 3.60. The Morgan fingerprint density at radius 2 is 1.97 bits per heavy atom. The lowest BCUT2D eigenvalue weighted by molar-refractivity contribution is -0.114. The molecule has 0 fully saturated rings. The maximum absolute atomic E-state index is 12.6. The van der Waals surface area contributed by atoms with E-state index in [0.717, 1.165) is 26.2 Å². The molecule has 0 saturated carbocycles. The number of ether oxygens (including phenoxy) is 3. The average Bonchev–Trinajstić information content (AvgIpc) is 3.21. The Morgan fingerprint density at radius 3 is 2.74 bits per heavy atom. The first-order valence-electron chi connectivity index (χ1n) is 10.8. The van der Waals surface area contributed by atoms with Crippen molar-refractivity contribution in [2.24, 2.45) is 4.99 Å². The van der Waals surface area contributed by atoms with Gasteiger partial charge in [-0.2, -0.15) is 4.99 Å². The number of thioether (sulfide) groups is 1. The number of halogens is 1. The maximum atomic E-state index is 12.6. The van der Waals surface area contributed by atoms with Crippen LogP contribution >= 0.6 is 34.4 Å². The molecule has 35 heavy (non-hydrogen) atoms. The van der Waals surface area contributed by atoms with Crippen LogP contribution in [0.5, 0.6) is 17.2 Å². The van der Waals surface area contributed by atoms with Crippen molar-refractivity contribution in [3.8, 4) is 17.2 Å². The number of hydrogen-bond donors (Lipinski definition) is 1. The van der Waals surface area contributed by atoms with E-state index in [1.165, 1.54) is 11.8 Å². The summed E-state index contributed by atoms with van der Waals surface area (Å²) in [5.74, 6) is 1.61. The molecule has 0 aliphatic carbocycles. The highest BCUT2D eigenvalue weighted by atomic mass is 127. The minimum atomic E-state index is -0.431. The number of aliphatic imine (C=N–C) groups is 1. The van der Waals surface area contributed by atoms with Gasteiger partial charge in [-0.05, 0) is 71.3 Å². The van der Waals surface area contributed by atoms with E-state index in [2.05, 4.69) is 34.2 Å². The Bertz CT molecular complexity index is 1290. The number of benzene rings is 2. The number of methoxy groups -OCH3 is 1. The highest BCUT2D eigenvalue weighted by Gasteiger charge is 2.32. The first-order chi connectivity index (χ1) is 16.9. The second kappa shape index (κ2) is 11.1. The quantitative estimate of drug-likeness (QED) is 0.173. The number of carbonyl (C=O) groups is 1. The van der Waals surface area contributed by atoms with Crippen LogP contribution in [0.25, 0.3) is 6.08 Å². The van der Waals surface area contributed by atoms with Crippen LogP contribution in [0.15, 0.2) is 70.7 Å². The van der Waals surface area contributed by atoms with E-state index in [1.54, 1.807) is 24.2 Å². The lowest BCUT2D eigenvalue weighted by Gasteiger charge is -2.22. The summed E-state index contributed by atoms with van der Waals surface area (Å²) >= 11 is 3.55. The molecule has 4 rings (SSSR count). The fraction of sp³-hybridized carbons (Fsp3) is 0.192. The largest absolute Gasteiger partial charge is 0.493 e. The Kier molecular flexibility index (Phi) is 7.97. The number of rotatable bonds is 9. The zero-order valence-electron chi connectivity index (χ0n) is 19.3. The van der Waals surface area contributed by atoms with Gasteiger partial charge in [0.2, 0.25) is 0 Å². The molecule has 180 valence electrons. The van der Waals surface area contributed by atoms with Crippen LogP contribution in [0.4, 0.5) is 0 Å². The molecule has 1 amide bonds. The van der Waals surface area contributed by atoms with E-state index >= 15 is 0 Å². The van der Waals surface area contributed by atoms with Gasteiger partial charge >= 0.3 is 0 Å². The molecule has 0 aromatic heterocycles. The summed E-state index contributed by atoms with van der Waals surface area (Å²) in [6.07, 6.45) is 6.05. The summed E-state index contributed by atoms with van der Waals surface area (Å²) in [6, 6.07) is 11.5. The predicted molar refractivity (Wildman–Crippen MR) is 148 cm³/mol. The van der Waals surface area contributed by atoms with Crippen molar-refractivity contribution in [2.75, 3.05) is 20.3 Å². The third-order valence-corrected chi connectivity index (χ3v) is 6.88. The third kappa shape index (κ3) is 5.62. The van der Waals surface area contributed by atoms with Crippen LogP contribution in [-0.4, -0.2) is 42.1 Å². The normalized spacial score (nSPS) is 16.1. The van der Waals surface area contributed by atoms with Crippen molar-refractivity contribution < 1.29 is 19.0 Å². The molecular weight excluding hydrogens is 577 g/mol. The Hall–Kier alpha value is -3.05. The van der Waals surface area contributed by atoms with Gasteiger partial charge in [0.15, 0.2) is 16.7 Å². The van der Waals surface area contributed by atoms with Crippen LogP contribution in [-0.2, 0) is 11.2 Å². The highest BCUT2D eigenvalue weighted by molar-refractivity contribution is 14.1. The molecule has 9 heteroatoms. The number of amides is 1. The number of amidine groups is 2. The van der Waals surface area contributed by atoms with Crippen LogP contribution < -0.4 is 14.2 Å². The van der Waals surface area contributed by atoms with Crippen molar-refractivity contribution in [3.63, 3.8) is 0 Å². The van der Waals surface area contributed by atoms with Gasteiger partial charge in [-0.25, -0.2) is 0 Å². The number of nitrogens with zero attached hydrogens (tertiary/aromatic N) is 2. The molecular formula is C26H24IN3O4S. The smallest absolute Gasteiger partial charge is 0.283 e. The topological polar surface area (TPSA) is 84.2 Å². The van der Waals surface area contributed by atoms with Crippen molar-refractivity contribution in [1.29, 1.82) is 5.41 Å². The number of carbonyl (C=O) groups excluding carboxylic acids is 1. The summed E-state index contributed by atoms with van der Waals surface area (Å²) in [5.41, 5.74) is 2.01. The number of nitrogens with one attached hydrogen (secondary N) is 1. The molecule has 0 radical (unpaired) electrons. The first kappa shape index (κ1) is 25.1. The van der Waals surface area contributed by atoms with Gasteiger partial charge in [-0.1, -0.05) is 36.0 Å². The van der Waals surface area contributed by atoms with E-state index < -0.39 is 5.91 Å². The van der Waals surface area contributed by atoms with Gasteiger partial charge in [0, 0.05) is 11.1 Å².